The summed E-state index contributed by atoms with van der Waals surface area (Å²) >= 11 is 1.36. The zero-order chi connectivity index (χ0) is 11.0. The second-order valence-electron chi connectivity index (χ2n) is 3.24. The van der Waals surface area contributed by atoms with E-state index < -0.39 is 0 Å². The van der Waals surface area contributed by atoms with Crippen molar-refractivity contribution >= 4 is 22.4 Å². The maximum absolute atomic E-state index is 8.94. The number of fused-ring (bicyclic) bond motifs is 1. The van der Waals surface area contributed by atoms with E-state index >= 15 is 0 Å². The summed E-state index contributed by atoms with van der Waals surface area (Å²) in [6.45, 7) is -0.0791. The van der Waals surface area contributed by atoms with E-state index in [1.54, 1.807) is 6.33 Å². The molecule has 0 fully saturated rings. The van der Waals surface area contributed by atoms with E-state index in [-0.39, 0.29) is 6.61 Å². The number of rotatable bonds is 2. The zero-order valence-corrected chi connectivity index (χ0v) is 9.05. The summed E-state index contributed by atoms with van der Waals surface area (Å²) < 4.78 is 1.87. The second kappa shape index (κ2) is 3.66. The Kier molecular flexibility index (Phi) is 2.16. The molecule has 0 amide bonds. The first-order valence-electron chi connectivity index (χ1n) is 4.74. The van der Waals surface area contributed by atoms with Crippen molar-refractivity contribution in [3.05, 3.63) is 35.6 Å². The summed E-state index contributed by atoms with van der Waals surface area (Å²) in [7, 11) is 0. The summed E-state index contributed by atoms with van der Waals surface area (Å²) in [5, 5.41) is 18.1. The monoisotopic (exact) mass is 232 g/mol. The van der Waals surface area contributed by atoms with E-state index in [1.807, 2.05) is 28.8 Å². The lowest BCUT2D eigenvalue weighted by Gasteiger charge is -1.96. The molecule has 80 valence electrons. The molecule has 3 rings (SSSR count). The summed E-state index contributed by atoms with van der Waals surface area (Å²) in [6, 6.07) is 7.82. The van der Waals surface area contributed by atoms with Crippen molar-refractivity contribution < 1.29 is 5.11 Å². The van der Waals surface area contributed by atoms with Crippen LogP contribution in [0.5, 0.6) is 0 Å². The number of nitrogens with zero attached hydrogens (tertiary/aromatic N) is 4. The average Bonchev–Trinajstić information content (AvgIpc) is 2.94. The van der Waals surface area contributed by atoms with Crippen LogP contribution >= 0.6 is 11.3 Å². The van der Waals surface area contributed by atoms with Gasteiger partial charge in [0.15, 0.2) is 0 Å². The van der Waals surface area contributed by atoms with Gasteiger partial charge in [-0.15, -0.1) is 10.2 Å². The Morgan fingerprint density at radius 1 is 1.25 bits per heavy atom. The van der Waals surface area contributed by atoms with Crippen molar-refractivity contribution in [3.8, 4) is 5.13 Å². The van der Waals surface area contributed by atoms with Gasteiger partial charge >= 0.3 is 0 Å². The lowest BCUT2D eigenvalue weighted by molar-refractivity contribution is 0.280. The van der Waals surface area contributed by atoms with Crippen molar-refractivity contribution in [1.82, 2.24) is 19.7 Å². The smallest absolute Gasteiger partial charge is 0.218 e. The van der Waals surface area contributed by atoms with Crippen LogP contribution in [0.25, 0.3) is 16.2 Å². The molecule has 0 spiro atoms. The molecule has 16 heavy (non-hydrogen) atoms. The first kappa shape index (κ1) is 9.44. The predicted octanol–water partition coefficient (Wildman–Crippen LogP) is 1.37. The highest BCUT2D eigenvalue weighted by molar-refractivity contribution is 7.13. The van der Waals surface area contributed by atoms with Gasteiger partial charge in [0.25, 0.3) is 0 Å². The quantitative estimate of drug-likeness (QED) is 0.724. The van der Waals surface area contributed by atoms with Gasteiger partial charge in [-0.25, -0.2) is 4.98 Å². The molecule has 0 bridgehead atoms. The number of hydrogen-bond donors (Lipinski definition) is 1. The highest BCUT2D eigenvalue weighted by Gasteiger charge is 2.08. The molecule has 0 aliphatic heterocycles. The first-order chi connectivity index (χ1) is 7.88. The highest BCUT2D eigenvalue weighted by Crippen LogP contribution is 2.20. The molecule has 5 nitrogen and oxygen atoms in total. The Bertz CT molecular complexity index is 630. The highest BCUT2D eigenvalue weighted by atomic mass is 32.1. The van der Waals surface area contributed by atoms with Crippen molar-refractivity contribution in [2.75, 3.05) is 0 Å². The van der Waals surface area contributed by atoms with Crippen LogP contribution in [0.15, 0.2) is 30.6 Å². The van der Waals surface area contributed by atoms with E-state index in [9.17, 15) is 0 Å². The topological polar surface area (TPSA) is 63.8 Å². The number of para-hydroxylation sites is 2. The van der Waals surface area contributed by atoms with Crippen molar-refractivity contribution in [2.24, 2.45) is 0 Å². The molecule has 1 N–H and O–H groups in total. The number of aliphatic hydroxyl groups is 1. The van der Waals surface area contributed by atoms with E-state index in [0.717, 1.165) is 16.2 Å². The number of aromatic nitrogens is 4. The Labute approximate surface area is 95.0 Å². The Morgan fingerprint density at radius 2 is 2.12 bits per heavy atom. The lowest BCUT2D eigenvalue weighted by Crippen LogP contribution is -1.90. The summed E-state index contributed by atoms with van der Waals surface area (Å²) in [5.41, 5.74) is 1.91. The van der Waals surface area contributed by atoms with Gasteiger partial charge in [-0.05, 0) is 12.1 Å². The lowest BCUT2D eigenvalue weighted by atomic mass is 10.3. The maximum Gasteiger partial charge on any atom is 0.218 e. The number of imidazole rings is 1. The van der Waals surface area contributed by atoms with Gasteiger partial charge in [-0.2, -0.15) is 0 Å². The van der Waals surface area contributed by atoms with Gasteiger partial charge in [0, 0.05) is 0 Å². The van der Waals surface area contributed by atoms with Gasteiger partial charge < -0.3 is 5.11 Å². The molecule has 0 saturated heterocycles. The molecule has 1 aromatic carbocycles. The standard InChI is InChI=1S/C10H8N4OS/c15-5-9-12-13-10(16-9)14-6-11-7-3-1-2-4-8(7)14/h1-4,6,15H,5H2. The zero-order valence-electron chi connectivity index (χ0n) is 8.24. The number of benzene rings is 1. The average molecular weight is 232 g/mol. The molecule has 2 aromatic heterocycles. The molecule has 6 heteroatoms. The van der Waals surface area contributed by atoms with E-state index in [4.69, 9.17) is 5.11 Å². The fourth-order valence-electron chi connectivity index (χ4n) is 1.52. The summed E-state index contributed by atoms with van der Waals surface area (Å²) in [6.07, 6.45) is 1.71. The van der Waals surface area contributed by atoms with Crippen LogP contribution in [-0.2, 0) is 6.61 Å². The SMILES string of the molecule is OCc1nnc(-n2cnc3ccccc32)s1. The molecule has 0 aliphatic rings. The van der Waals surface area contributed by atoms with Gasteiger partial charge in [0.05, 0.1) is 17.6 Å². The molecule has 0 radical (unpaired) electrons. The normalized spacial score (nSPS) is 11.1. The third-order valence-corrected chi connectivity index (χ3v) is 3.16. The predicted molar refractivity (Wildman–Crippen MR) is 60.5 cm³/mol. The van der Waals surface area contributed by atoms with Crippen LogP contribution in [0.4, 0.5) is 0 Å². The fourth-order valence-corrected chi connectivity index (χ4v) is 2.20. The van der Waals surface area contributed by atoms with Gasteiger partial charge in [0.1, 0.15) is 11.3 Å². The van der Waals surface area contributed by atoms with Gasteiger partial charge in [0.2, 0.25) is 5.13 Å². The molecule has 0 atom stereocenters. The minimum absolute atomic E-state index is 0.0791. The third-order valence-electron chi connectivity index (χ3n) is 2.25. The van der Waals surface area contributed by atoms with Crippen LogP contribution in [0.3, 0.4) is 0 Å². The van der Waals surface area contributed by atoms with Gasteiger partial charge in [-0.1, -0.05) is 23.5 Å². The van der Waals surface area contributed by atoms with Crippen LogP contribution in [0.1, 0.15) is 5.01 Å². The Balaban J connectivity index is 2.18. The van der Waals surface area contributed by atoms with Crippen molar-refractivity contribution in [3.63, 3.8) is 0 Å². The fraction of sp³-hybridized carbons (Fsp3) is 0.100. The first-order valence-corrected chi connectivity index (χ1v) is 5.56. The third kappa shape index (κ3) is 1.39. The maximum atomic E-state index is 8.94. The molecular weight excluding hydrogens is 224 g/mol. The molecule has 0 saturated carbocycles. The summed E-state index contributed by atoms with van der Waals surface area (Å²) in [5.74, 6) is 0. The minimum Gasteiger partial charge on any atom is -0.389 e. The van der Waals surface area contributed by atoms with E-state index in [0.29, 0.717) is 5.01 Å². The molecule has 0 aliphatic carbocycles. The second-order valence-corrected chi connectivity index (χ2v) is 4.28. The largest absolute Gasteiger partial charge is 0.389 e. The van der Waals surface area contributed by atoms with E-state index in [1.165, 1.54) is 11.3 Å². The molecule has 0 unspecified atom stereocenters. The van der Waals surface area contributed by atoms with E-state index in [2.05, 4.69) is 15.2 Å². The minimum atomic E-state index is -0.0791. The molecular formula is C10H8N4OS. The van der Waals surface area contributed by atoms with Crippen LogP contribution in [0.2, 0.25) is 0 Å². The van der Waals surface area contributed by atoms with Crippen LogP contribution in [0, 0.1) is 0 Å². The molecule has 3 aromatic rings. The summed E-state index contributed by atoms with van der Waals surface area (Å²) in [4.78, 5) is 4.27. The Morgan fingerprint density at radius 3 is 2.94 bits per heavy atom. The molecule has 2 heterocycles. The van der Waals surface area contributed by atoms with Crippen LogP contribution < -0.4 is 0 Å². The van der Waals surface area contributed by atoms with Crippen molar-refractivity contribution in [2.45, 2.75) is 6.61 Å². The number of hydrogen-bond acceptors (Lipinski definition) is 5. The van der Waals surface area contributed by atoms with Gasteiger partial charge in [-0.3, -0.25) is 4.57 Å². The Hall–Kier alpha value is -1.79. The number of aliphatic hydroxyl groups excluding tert-OH is 1. The van der Waals surface area contributed by atoms with Crippen molar-refractivity contribution in [1.29, 1.82) is 0 Å². The van der Waals surface area contributed by atoms with Crippen LogP contribution in [-0.4, -0.2) is 24.9 Å².